The summed E-state index contributed by atoms with van der Waals surface area (Å²) in [6, 6.07) is 3.28. The van der Waals surface area contributed by atoms with Crippen molar-refractivity contribution < 1.29 is 27.5 Å². The molecule has 7 heteroatoms. The lowest BCUT2D eigenvalue weighted by Crippen LogP contribution is -2.14. The van der Waals surface area contributed by atoms with Gasteiger partial charge in [0.05, 0.1) is 30.2 Å². The van der Waals surface area contributed by atoms with Gasteiger partial charge >= 0.3 is 12.1 Å². The maximum atomic E-state index is 12.8. The highest BCUT2D eigenvalue weighted by atomic mass is 19.4. The molecule has 0 saturated carbocycles. The highest BCUT2D eigenvalue weighted by Crippen LogP contribution is 2.33. The number of halogens is 3. The first-order valence-electron chi connectivity index (χ1n) is 5.58. The predicted octanol–water partition coefficient (Wildman–Crippen LogP) is 2.50. The van der Waals surface area contributed by atoms with E-state index in [9.17, 15) is 22.8 Å². The molecule has 0 bridgehead atoms. The van der Waals surface area contributed by atoms with Gasteiger partial charge in [0.15, 0.2) is 6.29 Å². The van der Waals surface area contributed by atoms with Crippen LogP contribution in [0, 0.1) is 11.3 Å². The summed E-state index contributed by atoms with van der Waals surface area (Å²) in [4.78, 5) is 22.0. The molecule has 0 aliphatic rings. The van der Waals surface area contributed by atoms with Crippen molar-refractivity contribution in [2.24, 2.45) is 0 Å². The van der Waals surface area contributed by atoms with Crippen LogP contribution in [0.4, 0.5) is 13.2 Å². The normalized spacial score (nSPS) is 10.8. The van der Waals surface area contributed by atoms with Gasteiger partial charge < -0.3 is 4.74 Å². The quantitative estimate of drug-likeness (QED) is 0.629. The Kier molecular flexibility index (Phi) is 4.86. The van der Waals surface area contributed by atoms with Gasteiger partial charge in [-0.05, 0) is 24.6 Å². The Bertz CT molecular complexity index is 573. The fourth-order valence-electron chi connectivity index (χ4n) is 1.65. The van der Waals surface area contributed by atoms with E-state index in [2.05, 4.69) is 4.74 Å². The van der Waals surface area contributed by atoms with Crippen molar-refractivity contribution in [2.75, 3.05) is 6.61 Å². The van der Waals surface area contributed by atoms with E-state index in [0.717, 1.165) is 6.07 Å². The number of ether oxygens (including phenoxy) is 1. The van der Waals surface area contributed by atoms with Crippen LogP contribution in [0.15, 0.2) is 12.1 Å². The van der Waals surface area contributed by atoms with E-state index in [-0.39, 0.29) is 18.5 Å². The van der Waals surface area contributed by atoms with Crippen LogP contribution in [0.3, 0.4) is 0 Å². The van der Waals surface area contributed by atoms with Crippen LogP contribution in [0.1, 0.15) is 34.0 Å². The van der Waals surface area contributed by atoms with Crippen molar-refractivity contribution in [3.05, 3.63) is 34.4 Å². The minimum atomic E-state index is -4.79. The molecule has 0 aromatic heterocycles. The minimum Gasteiger partial charge on any atom is -0.466 e. The zero-order valence-corrected chi connectivity index (χ0v) is 10.5. The maximum Gasteiger partial charge on any atom is 0.417 e. The molecule has 1 aromatic carbocycles. The van der Waals surface area contributed by atoms with E-state index in [1.165, 1.54) is 6.07 Å². The smallest absolute Gasteiger partial charge is 0.417 e. The van der Waals surface area contributed by atoms with Gasteiger partial charge in [0.2, 0.25) is 0 Å². The van der Waals surface area contributed by atoms with Gasteiger partial charge in [0, 0.05) is 5.56 Å². The van der Waals surface area contributed by atoms with Crippen LogP contribution < -0.4 is 0 Å². The largest absolute Gasteiger partial charge is 0.466 e. The summed E-state index contributed by atoms with van der Waals surface area (Å²) in [5.41, 5.74) is -2.41. The molecule has 0 fully saturated rings. The van der Waals surface area contributed by atoms with E-state index < -0.39 is 35.3 Å². The van der Waals surface area contributed by atoms with Crippen LogP contribution in [-0.2, 0) is 22.1 Å². The number of hydrogen-bond donors (Lipinski definition) is 0. The minimum absolute atomic E-state index is 0.0183. The van der Waals surface area contributed by atoms with Crippen molar-refractivity contribution in [3.8, 4) is 6.07 Å². The van der Waals surface area contributed by atoms with E-state index in [1.54, 1.807) is 6.92 Å². The van der Waals surface area contributed by atoms with Crippen molar-refractivity contribution in [1.82, 2.24) is 0 Å². The zero-order valence-electron chi connectivity index (χ0n) is 10.5. The van der Waals surface area contributed by atoms with Crippen LogP contribution in [0.5, 0.6) is 0 Å². The third-order valence-electron chi connectivity index (χ3n) is 2.44. The molecular weight excluding hydrogens is 275 g/mol. The second kappa shape index (κ2) is 6.19. The Morgan fingerprint density at radius 2 is 2.10 bits per heavy atom. The Labute approximate surface area is 112 Å². The Morgan fingerprint density at radius 1 is 1.45 bits per heavy atom. The molecule has 20 heavy (non-hydrogen) atoms. The second-order valence-corrected chi connectivity index (χ2v) is 3.81. The lowest BCUT2D eigenvalue weighted by atomic mass is 9.97. The summed E-state index contributed by atoms with van der Waals surface area (Å²) in [5.74, 6) is -0.705. The number of carbonyl (C=O) groups excluding carboxylic acids is 2. The highest BCUT2D eigenvalue weighted by molar-refractivity contribution is 5.83. The average Bonchev–Trinajstić information content (AvgIpc) is 2.36. The fraction of sp³-hybridized carbons (Fsp3) is 0.308. The molecule has 0 heterocycles. The fourth-order valence-corrected chi connectivity index (χ4v) is 1.65. The first-order valence-corrected chi connectivity index (χ1v) is 5.58. The van der Waals surface area contributed by atoms with E-state index >= 15 is 0 Å². The number of hydrogen-bond acceptors (Lipinski definition) is 4. The lowest BCUT2D eigenvalue weighted by molar-refractivity contribution is -0.142. The molecule has 0 radical (unpaired) electrons. The highest BCUT2D eigenvalue weighted by Gasteiger charge is 2.35. The number of esters is 1. The SMILES string of the molecule is CCOC(=O)Cc1cc(C#N)c(C=O)c(C(F)(F)F)c1. The molecule has 0 unspecified atom stereocenters. The van der Waals surface area contributed by atoms with Gasteiger partial charge in [-0.1, -0.05) is 0 Å². The third-order valence-corrected chi connectivity index (χ3v) is 2.44. The van der Waals surface area contributed by atoms with Crippen molar-refractivity contribution in [1.29, 1.82) is 5.26 Å². The Morgan fingerprint density at radius 3 is 2.55 bits per heavy atom. The summed E-state index contributed by atoms with van der Waals surface area (Å²) in [6.07, 6.45) is -5.20. The third kappa shape index (κ3) is 3.57. The second-order valence-electron chi connectivity index (χ2n) is 3.81. The molecule has 0 aliphatic heterocycles. The van der Waals surface area contributed by atoms with E-state index in [1.807, 2.05) is 0 Å². The van der Waals surface area contributed by atoms with Crippen molar-refractivity contribution in [3.63, 3.8) is 0 Å². The molecule has 0 N–H and O–H groups in total. The standard InChI is InChI=1S/C13H10F3NO3/c1-2-20-12(19)5-8-3-9(6-17)10(7-18)11(4-8)13(14,15)16/h3-4,7H,2,5H2,1H3. The monoisotopic (exact) mass is 285 g/mol. The van der Waals surface area contributed by atoms with Crippen molar-refractivity contribution >= 4 is 12.3 Å². The molecule has 0 amide bonds. The summed E-state index contributed by atoms with van der Waals surface area (Å²) in [5, 5.41) is 8.81. The molecule has 0 atom stereocenters. The van der Waals surface area contributed by atoms with Crippen LogP contribution >= 0.6 is 0 Å². The number of alkyl halides is 3. The molecular formula is C13H10F3NO3. The molecule has 1 rings (SSSR count). The Hall–Kier alpha value is -2.36. The van der Waals surface area contributed by atoms with Gasteiger partial charge in [-0.15, -0.1) is 0 Å². The van der Waals surface area contributed by atoms with Gasteiger partial charge in [-0.25, -0.2) is 0 Å². The molecule has 0 saturated heterocycles. The number of nitrogens with zero attached hydrogens (tertiary/aromatic N) is 1. The number of carbonyl (C=O) groups is 2. The number of benzene rings is 1. The molecule has 4 nitrogen and oxygen atoms in total. The topological polar surface area (TPSA) is 67.2 Å². The molecule has 1 aromatic rings. The van der Waals surface area contributed by atoms with E-state index in [4.69, 9.17) is 5.26 Å². The number of rotatable bonds is 4. The first kappa shape index (κ1) is 15.7. The first-order chi connectivity index (χ1) is 9.33. The molecule has 106 valence electrons. The average molecular weight is 285 g/mol. The van der Waals surface area contributed by atoms with Crippen molar-refractivity contribution in [2.45, 2.75) is 19.5 Å². The van der Waals surface area contributed by atoms with Crippen LogP contribution in [0.25, 0.3) is 0 Å². The summed E-state index contributed by atoms with van der Waals surface area (Å²) in [6.45, 7) is 1.66. The van der Waals surface area contributed by atoms with Crippen LogP contribution in [0.2, 0.25) is 0 Å². The number of nitriles is 1. The van der Waals surface area contributed by atoms with Gasteiger partial charge in [-0.3, -0.25) is 9.59 Å². The van der Waals surface area contributed by atoms with E-state index in [0.29, 0.717) is 6.07 Å². The summed E-state index contributed by atoms with van der Waals surface area (Å²) in [7, 11) is 0. The summed E-state index contributed by atoms with van der Waals surface area (Å²) >= 11 is 0. The maximum absolute atomic E-state index is 12.8. The summed E-state index contributed by atoms with van der Waals surface area (Å²) < 4.78 is 43.1. The van der Waals surface area contributed by atoms with Gasteiger partial charge in [0.25, 0.3) is 0 Å². The van der Waals surface area contributed by atoms with Gasteiger partial charge in [0.1, 0.15) is 0 Å². The molecule has 0 spiro atoms. The van der Waals surface area contributed by atoms with Crippen LogP contribution in [-0.4, -0.2) is 18.9 Å². The zero-order chi connectivity index (χ0) is 15.3. The lowest BCUT2D eigenvalue weighted by Gasteiger charge is -2.12. The predicted molar refractivity (Wildman–Crippen MR) is 61.9 cm³/mol. The van der Waals surface area contributed by atoms with Gasteiger partial charge in [-0.2, -0.15) is 18.4 Å². The Balaban J connectivity index is 3.33. The molecule has 0 aliphatic carbocycles. The number of aldehydes is 1.